The summed E-state index contributed by atoms with van der Waals surface area (Å²) in [7, 11) is 0. The van der Waals surface area contributed by atoms with Crippen molar-refractivity contribution in [2.24, 2.45) is 5.41 Å². The molecule has 350 valence electrons. The van der Waals surface area contributed by atoms with E-state index in [1.54, 1.807) is 0 Å². The van der Waals surface area contributed by atoms with Crippen molar-refractivity contribution >= 4 is 17.9 Å². The third-order valence-electron chi connectivity index (χ3n) is 12.2. The number of carbonyl (C=O) groups excluding carboxylic acids is 3. The maximum absolute atomic E-state index is 13.0. The highest BCUT2D eigenvalue weighted by Gasteiger charge is 2.26. The highest BCUT2D eigenvalue weighted by Crippen LogP contribution is 2.40. The number of esters is 3. The summed E-state index contributed by atoms with van der Waals surface area (Å²) in [6, 6.07) is 0. The van der Waals surface area contributed by atoms with Gasteiger partial charge in [-0.15, -0.1) is 0 Å². The predicted octanol–water partition coefficient (Wildman–Crippen LogP) is 16.5. The molecule has 0 bridgehead atoms. The predicted molar refractivity (Wildman–Crippen MR) is 259 cm³/mol. The lowest BCUT2D eigenvalue weighted by atomic mass is 9.72. The van der Waals surface area contributed by atoms with Crippen LogP contribution in [-0.4, -0.2) is 37.2 Å². The number of carbonyl (C=O) groups is 3. The Labute approximate surface area is 376 Å². The molecule has 0 saturated carbocycles. The van der Waals surface area contributed by atoms with Gasteiger partial charge in [-0.05, 0) is 69.4 Å². The van der Waals surface area contributed by atoms with Crippen molar-refractivity contribution < 1.29 is 28.6 Å². The van der Waals surface area contributed by atoms with E-state index >= 15 is 0 Å². The Morgan fingerprint density at radius 1 is 0.590 bits per heavy atom. The molecule has 0 N–H and O–H groups in total. The number of hydrogen-bond donors (Lipinski definition) is 0. The summed E-state index contributed by atoms with van der Waals surface area (Å²) in [6.07, 6.45) is 47.4. The second-order valence-electron chi connectivity index (χ2n) is 18.8. The fourth-order valence-corrected chi connectivity index (χ4v) is 8.27. The third-order valence-corrected chi connectivity index (χ3v) is 12.2. The van der Waals surface area contributed by atoms with Crippen LogP contribution in [0, 0.1) is 5.41 Å². The van der Waals surface area contributed by atoms with Crippen molar-refractivity contribution in [1.82, 2.24) is 0 Å². The maximum atomic E-state index is 13.0. The standard InChI is InChI=1S/C55H94O6/c1-8-10-12-14-16-18-20-22-24-26-28-30-32-39-52(56)59-45-50(46-60-53(57)40-33-31-29-27-25-23-21-19-17-15-13-11-9-2)61-54(58)44-48(4)37-34-36-47(3)41-42-51-49(5)38-35-43-55(51,6)7/h34,36-37,41-42,44,50H,8-33,35,38-40,43,45-46H2,1-7H3/b37-34+,42-41+,47-36+,48-44+. The van der Waals surface area contributed by atoms with Crippen molar-refractivity contribution in [2.45, 2.75) is 254 Å². The van der Waals surface area contributed by atoms with E-state index in [0.29, 0.717) is 12.8 Å². The van der Waals surface area contributed by atoms with E-state index < -0.39 is 12.1 Å². The first-order chi connectivity index (χ1) is 29.5. The fraction of sp³-hybridized carbons (Fsp3) is 0.764. The molecule has 61 heavy (non-hydrogen) atoms. The van der Waals surface area contributed by atoms with Gasteiger partial charge in [0.05, 0.1) is 0 Å². The molecule has 6 nitrogen and oxygen atoms in total. The molecule has 1 aliphatic carbocycles. The van der Waals surface area contributed by atoms with Gasteiger partial charge in [-0.25, -0.2) is 4.79 Å². The third kappa shape index (κ3) is 32.5. The number of hydrogen-bond acceptors (Lipinski definition) is 6. The van der Waals surface area contributed by atoms with Crippen LogP contribution in [-0.2, 0) is 28.6 Å². The Morgan fingerprint density at radius 3 is 1.41 bits per heavy atom. The second-order valence-corrected chi connectivity index (χ2v) is 18.8. The molecule has 0 fully saturated rings. The molecule has 0 unspecified atom stereocenters. The molecule has 0 heterocycles. The van der Waals surface area contributed by atoms with Gasteiger partial charge in [0.2, 0.25) is 0 Å². The normalized spacial score (nSPS) is 14.8. The molecule has 0 aliphatic heterocycles. The lowest BCUT2D eigenvalue weighted by Crippen LogP contribution is -2.30. The summed E-state index contributed by atoms with van der Waals surface area (Å²) in [5.74, 6) is -1.19. The first kappa shape index (κ1) is 56.1. The van der Waals surface area contributed by atoms with Crippen LogP contribution in [0.15, 0.2) is 58.7 Å². The average molecular weight is 851 g/mol. The van der Waals surface area contributed by atoms with Crippen LogP contribution in [0.4, 0.5) is 0 Å². The zero-order chi connectivity index (χ0) is 44.8. The van der Waals surface area contributed by atoms with E-state index in [0.717, 1.165) is 56.1 Å². The van der Waals surface area contributed by atoms with Crippen molar-refractivity contribution in [1.29, 1.82) is 0 Å². The van der Waals surface area contributed by atoms with Gasteiger partial charge in [-0.1, -0.05) is 223 Å². The lowest BCUT2D eigenvalue weighted by Gasteiger charge is -2.32. The molecule has 0 aromatic carbocycles. The summed E-state index contributed by atoms with van der Waals surface area (Å²) >= 11 is 0. The van der Waals surface area contributed by atoms with Gasteiger partial charge in [0.15, 0.2) is 6.10 Å². The molecule has 0 saturated heterocycles. The van der Waals surface area contributed by atoms with Crippen LogP contribution in [0.5, 0.6) is 0 Å². The van der Waals surface area contributed by atoms with Crippen LogP contribution in [0.1, 0.15) is 248 Å². The molecule has 6 heteroatoms. The minimum Gasteiger partial charge on any atom is -0.462 e. The second kappa shape index (κ2) is 37.6. The molecule has 0 aromatic heterocycles. The average Bonchev–Trinajstić information content (AvgIpc) is 3.21. The number of ether oxygens (including phenoxy) is 3. The Morgan fingerprint density at radius 2 is 1.00 bits per heavy atom. The van der Waals surface area contributed by atoms with E-state index in [2.05, 4.69) is 53.7 Å². The summed E-state index contributed by atoms with van der Waals surface area (Å²) in [4.78, 5) is 38.3. The highest BCUT2D eigenvalue weighted by molar-refractivity contribution is 5.83. The molecule has 0 atom stereocenters. The SMILES string of the molecule is CCCCCCCCCCCCCCCC(=O)OCC(COC(=O)CCCCCCCCCCCCCCC)OC(=O)/C=C(C)/C=C/C=C(C)/C=C/C1=C(C)CCCC1(C)C. The first-order valence-corrected chi connectivity index (χ1v) is 25.4. The Hall–Kier alpha value is -2.89. The van der Waals surface area contributed by atoms with E-state index in [1.807, 2.05) is 25.2 Å². The minimum absolute atomic E-state index is 0.140. The monoisotopic (exact) mass is 851 g/mol. The Bertz CT molecular complexity index is 1270. The van der Waals surface area contributed by atoms with Crippen LogP contribution in [0.2, 0.25) is 0 Å². The van der Waals surface area contributed by atoms with Crippen LogP contribution < -0.4 is 0 Å². The quantitative estimate of drug-likeness (QED) is 0.0202. The van der Waals surface area contributed by atoms with Gasteiger partial charge in [-0.2, -0.15) is 0 Å². The largest absolute Gasteiger partial charge is 0.462 e. The van der Waals surface area contributed by atoms with E-state index in [-0.39, 0.29) is 30.6 Å². The summed E-state index contributed by atoms with van der Waals surface area (Å²) in [5, 5.41) is 0. The van der Waals surface area contributed by atoms with E-state index in [4.69, 9.17) is 14.2 Å². The summed E-state index contributed by atoms with van der Waals surface area (Å²) in [6.45, 7) is 15.0. The number of allylic oxidation sites excluding steroid dienone is 9. The van der Waals surface area contributed by atoms with E-state index in [1.165, 1.54) is 158 Å². The van der Waals surface area contributed by atoms with Crippen LogP contribution in [0.3, 0.4) is 0 Å². The molecule has 0 radical (unpaired) electrons. The van der Waals surface area contributed by atoms with Crippen LogP contribution >= 0.6 is 0 Å². The topological polar surface area (TPSA) is 78.9 Å². The van der Waals surface area contributed by atoms with Crippen LogP contribution in [0.25, 0.3) is 0 Å². The zero-order valence-electron chi connectivity index (χ0n) is 40.8. The summed E-state index contributed by atoms with van der Waals surface area (Å²) in [5.41, 5.74) is 4.94. The van der Waals surface area contributed by atoms with E-state index in [9.17, 15) is 14.4 Å². The van der Waals surface area contributed by atoms with Gasteiger partial charge in [0.25, 0.3) is 0 Å². The van der Waals surface area contributed by atoms with Gasteiger partial charge >= 0.3 is 17.9 Å². The molecular formula is C55H94O6. The Kier molecular flexibility index (Phi) is 34.6. The van der Waals surface area contributed by atoms with Crippen molar-refractivity contribution in [3.8, 4) is 0 Å². The first-order valence-electron chi connectivity index (χ1n) is 25.4. The van der Waals surface area contributed by atoms with Gasteiger partial charge in [-0.3, -0.25) is 9.59 Å². The fourth-order valence-electron chi connectivity index (χ4n) is 8.27. The molecule has 0 spiro atoms. The molecule has 1 rings (SSSR count). The smallest absolute Gasteiger partial charge is 0.331 e. The molecule has 0 aromatic rings. The molecular weight excluding hydrogens is 757 g/mol. The van der Waals surface area contributed by atoms with Crippen molar-refractivity contribution in [2.75, 3.05) is 13.2 Å². The highest BCUT2D eigenvalue weighted by atomic mass is 16.6. The summed E-state index contributed by atoms with van der Waals surface area (Å²) < 4.78 is 16.8. The molecule has 1 aliphatic rings. The van der Waals surface area contributed by atoms with Gasteiger partial charge in [0, 0.05) is 18.9 Å². The van der Waals surface area contributed by atoms with Gasteiger partial charge < -0.3 is 14.2 Å². The lowest BCUT2D eigenvalue weighted by molar-refractivity contribution is -0.163. The van der Waals surface area contributed by atoms with Gasteiger partial charge in [0.1, 0.15) is 13.2 Å². The molecule has 0 amide bonds. The maximum Gasteiger partial charge on any atom is 0.331 e. The number of unbranched alkanes of at least 4 members (excludes halogenated alkanes) is 24. The Balaban J connectivity index is 2.56. The minimum atomic E-state index is -0.874. The zero-order valence-corrected chi connectivity index (χ0v) is 40.8. The number of rotatable bonds is 38. The van der Waals surface area contributed by atoms with Crippen molar-refractivity contribution in [3.63, 3.8) is 0 Å². The van der Waals surface area contributed by atoms with Crippen molar-refractivity contribution in [3.05, 3.63) is 58.7 Å².